The number of ether oxygens (including phenoxy) is 1. The molecular weight excluding hydrogens is 416 g/mol. The molecule has 2 N–H and O–H groups in total. The first-order chi connectivity index (χ1) is 14.8. The lowest BCUT2D eigenvalue weighted by Gasteiger charge is -2.42. The van der Waals surface area contributed by atoms with Gasteiger partial charge in [0.25, 0.3) is 0 Å². The van der Waals surface area contributed by atoms with Gasteiger partial charge < -0.3 is 9.84 Å². The second-order valence-electron chi connectivity index (χ2n) is 9.66. The van der Waals surface area contributed by atoms with Crippen LogP contribution in [-0.2, 0) is 20.0 Å². The third-order valence-corrected chi connectivity index (χ3v) is 8.22. The van der Waals surface area contributed by atoms with Crippen LogP contribution in [0.15, 0.2) is 29.3 Å². The van der Waals surface area contributed by atoms with Crippen molar-refractivity contribution in [3.63, 3.8) is 0 Å². The molecule has 0 spiro atoms. The van der Waals surface area contributed by atoms with E-state index in [1.54, 1.807) is 18.2 Å². The zero-order chi connectivity index (χ0) is 21.9. The van der Waals surface area contributed by atoms with Gasteiger partial charge in [-0.05, 0) is 38.7 Å². The van der Waals surface area contributed by atoms with Gasteiger partial charge in [-0.3, -0.25) is 20.0 Å². The summed E-state index contributed by atoms with van der Waals surface area (Å²) >= 11 is 6.36. The van der Waals surface area contributed by atoms with E-state index in [1.807, 2.05) is 12.1 Å². The summed E-state index contributed by atoms with van der Waals surface area (Å²) in [5.41, 5.74) is 2.79. The number of nitrogens with one attached hydrogen (secondary N) is 1. The minimum Gasteiger partial charge on any atom is -0.461 e. The molecule has 7 heteroatoms. The third kappa shape index (κ3) is 3.39. The average Bonchev–Trinajstić information content (AvgIpc) is 3.10. The summed E-state index contributed by atoms with van der Waals surface area (Å²) in [5.74, 6) is 0.615. The van der Waals surface area contributed by atoms with E-state index < -0.39 is 17.9 Å². The van der Waals surface area contributed by atoms with Crippen LogP contribution >= 0.6 is 11.6 Å². The highest BCUT2D eigenvalue weighted by molar-refractivity contribution is 6.33. The van der Waals surface area contributed by atoms with Gasteiger partial charge in [0.1, 0.15) is 17.7 Å². The molecule has 2 aliphatic heterocycles. The maximum atomic E-state index is 13.2. The number of hydrogen-bond donors (Lipinski definition) is 2. The van der Waals surface area contributed by atoms with Gasteiger partial charge >= 0.3 is 5.97 Å². The van der Waals surface area contributed by atoms with Crippen LogP contribution in [0.3, 0.4) is 0 Å². The van der Waals surface area contributed by atoms with Crippen LogP contribution in [0.4, 0.5) is 5.69 Å². The number of para-hydroxylation sites is 1. The number of carbonyl (C=O) groups excluding carboxylic acids is 1. The standard InChI is InChI=1S/C24H31ClN2O4/c1-13-11-20(16-8-5-4-7-15(16)14(13)2)30-22(28)19-12-24(29)17-9-6-10-18(25)21(17)27(3)31-23(24)26-19/h6,9-10,15-16,19-20,23,26,29H,4-5,7-8,11-12H2,1-3H3/t15?,16?,19-,20?,23+,24+/m0/s1. The molecule has 31 heavy (non-hydrogen) atoms. The summed E-state index contributed by atoms with van der Waals surface area (Å²) in [6.07, 6.45) is 4.90. The van der Waals surface area contributed by atoms with Crippen LogP contribution in [0.5, 0.6) is 0 Å². The molecule has 6 nitrogen and oxygen atoms in total. The number of anilines is 1. The zero-order valence-corrected chi connectivity index (χ0v) is 19.1. The van der Waals surface area contributed by atoms with E-state index >= 15 is 0 Å². The van der Waals surface area contributed by atoms with E-state index in [4.69, 9.17) is 21.2 Å². The number of hydroxylamine groups is 1. The van der Waals surface area contributed by atoms with Crippen molar-refractivity contribution in [2.45, 2.75) is 76.3 Å². The summed E-state index contributed by atoms with van der Waals surface area (Å²) in [5, 5.41) is 16.7. The van der Waals surface area contributed by atoms with Gasteiger partial charge in [-0.1, -0.05) is 47.7 Å². The van der Waals surface area contributed by atoms with Crippen molar-refractivity contribution in [1.29, 1.82) is 0 Å². The predicted molar refractivity (Wildman–Crippen MR) is 118 cm³/mol. The number of hydrogen-bond acceptors (Lipinski definition) is 6. The monoisotopic (exact) mass is 446 g/mol. The number of nitrogens with zero attached hydrogens (tertiary/aromatic N) is 1. The molecule has 0 bridgehead atoms. The number of carbonyl (C=O) groups is 1. The lowest BCUT2D eigenvalue weighted by atomic mass is 9.67. The molecule has 4 aliphatic rings. The van der Waals surface area contributed by atoms with Gasteiger partial charge in [0, 0.05) is 31.4 Å². The summed E-state index contributed by atoms with van der Waals surface area (Å²) in [4.78, 5) is 19.1. The lowest BCUT2D eigenvalue weighted by molar-refractivity contribution is -0.156. The van der Waals surface area contributed by atoms with Crippen molar-refractivity contribution in [3.8, 4) is 0 Å². The fourth-order valence-electron chi connectivity index (χ4n) is 6.15. The number of rotatable bonds is 2. The number of fused-ring (bicyclic) bond motifs is 4. The minimum absolute atomic E-state index is 0.0918. The summed E-state index contributed by atoms with van der Waals surface area (Å²) in [6.45, 7) is 4.40. The molecule has 2 heterocycles. The first kappa shape index (κ1) is 21.3. The van der Waals surface area contributed by atoms with Crippen LogP contribution < -0.4 is 10.4 Å². The van der Waals surface area contributed by atoms with Gasteiger partial charge in [-0.15, -0.1) is 0 Å². The predicted octanol–water partition coefficient (Wildman–Crippen LogP) is 4.06. The Balaban J connectivity index is 1.35. The maximum Gasteiger partial charge on any atom is 0.323 e. The highest BCUT2D eigenvalue weighted by Gasteiger charge is 2.56. The normalized spacial score (nSPS) is 37.2. The molecule has 1 saturated carbocycles. The van der Waals surface area contributed by atoms with Crippen molar-refractivity contribution in [1.82, 2.24) is 5.32 Å². The number of aliphatic hydroxyl groups is 1. The van der Waals surface area contributed by atoms with Gasteiger partial charge in [0.2, 0.25) is 0 Å². The summed E-state index contributed by atoms with van der Waals surface area (Å²) in [7, 11) is 1.75. The molecule has 3 unspecified atom stereocenters. The summed E-state index contributed by atoms with van der Waals surface area (Å²) in [6, 6.07) is 4.78. The zero-order valence-electron chi connectivity index (χ0n) is 18.4. The molecule has 0 radical (unpaired) electrons. The van der Waals surface area contributed by atoms with Crippen LogP contribution in [0.25, 0.3) is 0 Å². The van der Waals surface area contributed by atoms with E-state index in [0.717, 1.165) is 12.8 Å². The van der Waals surface area contributed by atoms with Crippen LogP contribution in [0.2, 0.25) is 5.02 Å². The first-order valence-corrected chi connectivity index (χ1v) is 11.7. The highest BCUT2D eigenvalue weighted by Crippen LogP contribution is 2.48. The molecule has 0 amide bonds. The van der Waals surface area contributed by atoms with E-state index in [1.165, 1.54) is 30.4 Å². The molecule has 1 saturated heterocycles. The van der Waals surface area contributed by atoms with E-state index in [2.05, 4.69) is 19.2 Å². The number of benzene rings is 1. The molecule has 0 aromatic heterocycles. The summed E-state index contributed by atoms with van der Waals surface area (Å²) < 4.78 is 6.11. The maximum absolute atomic E-state index is 13.2. The van der Waals surface area contributed by atoms with E-state index in [0.29, 0.717) is 28.1 Å². The molecule has 168 valence electrons. The fourth-order valence-corrected chi connectivity index (χ4v) is 6.44. The lowest BCUT2D eigenvalue weighted by Crippen LogP contribution is -2.51. The SMILES string of the molecule is CC1=C(C)C2CCCCC2C(OC(=O)[C@@H]2C[C@@]3(O)c4cccc(Cl)c4N(C)O[C@H]3N2)C1. The largest absolute Gasteiger partial charge is 0.461 e. The van der Waals surface area contributed by atoms with Crippen molar-refractivity contribution in [3.05, 3.63) is 39.9 Å². The molecule has 1 aromatic rings. The molecular formula is C24H31ClN2O4. The molecule has 5 rings (SSSR count). The first-order valence-electron chi connectivity index (χ1n) is 11.3. The van der Waals surface area contributed by atoms with Crippen molar-refractivity contribution in [2.24, 2.45) is 11.8 Å². The van der Waals surface area contributed by atoms with Crippen molar-refractivity contribution < 1.29 is 19.5 Å². The Morgan fingerprint density at radius 3 is 2.90 bits per heavy atom. The molecule has 2 fully saturated rings. The second kappa shape index (κ2) is 7.77. The Kier molecular flexibility index (Phi) is 5.32. The van der Waals surface area contributed by atoms with Crippen LogP contribution in [-0.4, -0.2) is 36.5 Å². The van der Waals surface area contributed by atoms with Crippen molar-refractivity contribution >= 4 is 23.3 Å². The quantitative estimate of drug-likeness (QED) is 0.527. The average molecular weight is 447 g/mol. The number of allylic oxidation sites excluding steroid dienone is 1. The van der Waals surface area contributed by atoms with E-state index in [-0.39, 0.29) is 18.5 Å². The van der Waals surface area contributed by atoms with Crippen molar-refractivity contribution in [2.75, 3.05) is 12.1 Å². The molecule has 6 atom stereocenters. The Morgan fingerprint density at radius 2 is 2.10 bits per heavy atom. The van der Waals surface area contributed by atoms with Gasteiger partial charge in [0.05, 0.1) is 10.7 Å². The Morgan fingerprint density at radius 1 is 1.32 bits per heavy atom. The minimum atomic E-state index is -1.34. The highest BCUT2D eigenvalue weighted by atomic mass is 35.5. The smallest absolute Gasteiger partial charge is 0.323 e. The number of esters is 1. The second-order valence-corrected chi connectivity index (χ2v) is 10.1. The van der Waals surface area contributed by atoms with Gasteiger partial charge in [-0.2, -0.15) is 0 Å². The van der Waals surface area contributed by atoms with Crippen LogP contribution in [0.1, 0.15) is 57.9 Å². The van der Waals surface area contributed by atoms with Crippen LogP contribution in [0, 0.1) is 11.8 Å². The van der Waals surface area contributed by atoms with Gasteiger partial charge in [0.15, 0.2) is 6.23 Å². The van der Waals surface area contributed by atoms with E-state index in [9.17, 15) is 9.90 Å². The van der Waals surface area contributed by atoms with Gasteiger partial charge in [-0.25, -0.2) is 0 Å². The third-order valence-electron chi connectivity index (χ3n) is 7.92. The molecule has 2 aliphatic carbocycles. The Bertz CT molecular complexity index is 934. The fraction of sp³-hybridized carbons (Fsp3) is 0.625. The molecule has 1 aromatic carbocycles. The topological polar surface area (TPSA) is 71.0 Å². The Hall–Kier alpha value is -1.60. The Labute approximate surface area is 188 Å². The number of halogens is 1.